The second-order valence-corrected chi connectivity index (χ2v) is 5.59. The van der Waals surface area contributed by atoms with Gasteiger partial charge in [-0.05, 0) is 25.8 Å². The van der Waals surface area contributed by atoms with Crippen LogP contribution in [0.1, 0.15) is 29.7 Å². The molecule has 0 spiro atoms. The second kappa shape index (κ2) is 5.70. The van der Waals surface area contributed by atoms with Crippen LogP contribution in [0.2, 0.25) is 0 Å². The summed E-state index contributed by atoms with van der Waals surface area (Å²) in [6.45, 7) is 4.45. The number of amides is 1. The Labute approximate surface area is 123 Å². The maximum absolute atomic E-state index is 11.5. The normalized spacial score (nSPS) is 19.1. The number of carbonyl (C=O) groups is 1. The Morgan fingerprint density at radius 3 is 2.75 bits per heavy atom. The van der Waals surface area contributed by atoms with Crippen molar-refractivity contribution >= 4 is 28.9 Å². The molecule has 1 aliphatic heterocycles. The van der Waals surface area contributed by atoms with E-state index in [2.05, 4.69) is 15.5 Å². The van der Waals surface area contributed by atoms with Gasteiger partial charge in [0.05, 0.1) is 11.3 Å². The number of aryl methyl sites for hydroxylation is 1. The van der Waals surface area contributed by atoms with Gasteiger partial charge in [-0.15, -0.1) is 5.10 Å². The summed E-state index contributed by atoms with van der Waals surface area (Å²) in [7, 11) is 1.80. The average molecular weight is 293 g/mol. The molecule has 0 bridgehead atoms. The van der Waals surface area contributed by atoms with Crippen molar-refractivity contribution in [3.63, 3.8) is 0 Å². The Balaban J connectivity index is 2.24. The summed E-state index contributed by atoms with van der Waals surface area (Å²) in [6.07, 6.45) is 1.31. The zero-order valence-electron chi connectivity index (χ0n) is 11.9. The molecule has 7 heteroatoms. The molecule has 108 valence electrons. The van der Waals surface area contributed by atoms with Crippen LogP contribution in [0.15, 0.2) is 0 Å². The minimum atomic E-state index is 0.141. The molecule has 1 aromatic rings. The molecule has 1 aliphatic rings. The van der Waals surface area contributed by atoms with Gasteiger partial charge in [0.2, 0.25) is 5.91 Å². The van der Waals surface area contributed by atoms with Crippen molar-refractivity contribution in [1.29, 1.82) is 0 Å². The van der Waals surface area contributed by atoms with Crippen LogP contribution in [0.5, 0.6) is 0 Å². The van der Waals surface area contributed by atoms with Gasteiger partial charge in [0.25, 0.3) is 0 Å². The van der Waals surface area contributed by atoms with Crippen molar-refractivity contribution in [3.05, 3.63) is 16.8 Å². The molecule has 0 radical (unpaired) electrons. The predicted molar refractivity (Wildman–Crippen MR) is 81.7 cm³/mol. The summed E-state index contributed by atoms with van der Waals surface area (Å²) < 4.78 is 0. The van der Waals surface area contributed by atoms with E-state index in [1.165, 1.54) is 0 Å². The minimum absolute atomic E-state index is 0.141. The van der Waals surface area contributed by atoms with Crippen LogP contribution in [-0.2, 0) is 4.79 Å². The number of piperidine rings is 1. The highest BCUT2D eigenvalue weighted by atomic mass is 32.1. The largest absolute Gasteiger partial charge is 0.389 e. The molecule has 6 nitrogen and oxygen atoms in total. The zero-order valence-corrected chi connectivity index (χ0v) is 12.8. The molecule has 1 saturated heterocycles. The van der Waals surface area contributed by atoms with Crippen molar-refractivity contribution in [2.45, 2.75) is 32.7 Å². The highest BCUT2D eigenvalue weighted by Gasteiger charge is 2.24. The van der Waals surface area contributed by atoms with Gasteiger partial charge in [-0.2, -0.15) is 5.10 Å². The van der Waals surface area contributed by atoms with Crippen LogP contribution < -0.4 is 11.1 Å². The van der Waals surface area contributed by atoms with Gasteiger partial charge in [-0.1, -0.05) is 12.2 Å². The number of nitrogens with zero attached hydrogens (tertiary/aromatic N) is 3. The fourth-order valence-corrected chi connectivity index (χ4v) is 2.58. The fourth-order valence-electron chi connectivity index (χ4n) is 2.33. The number of hydrogen-bond donors (Lipinski definition) is 2. The van der Waals surface area contributed by atoms with Gasteiger partial charge >= 0.3 is 0 Å². The Bertz CT molecular complexity index is 560. The molecule has 1 unspecified atom stereocenters. The molecule has 2 heterocycles. The van der Waals surface area contributed by atoms with Crippen LogP contribution in [0, 0.1) is 13.8 Å². The maximum Gasteiger partial charge on any atom is 0.222 e. The summed E-state index contributed by atoms with van der Waals surface area (Å²) >= 11 is 5.11. The quantitative estimate of drug-likeness (QED) is 0.801. The molecule has 1 fully saturated rings. The molecule has 0 saturated carbocycles. The summed E-state index contributed by atoms with van der Waals surface area (Å²) in [4.78, 5) is 13.5. The summed E-state index contributed by atoms with van der Waals surface area (Å²) in [5.41, 5.74) is 8.29. The minimum Gasteiger partial charge on any atom is -0.389 e. The third-order valence-corrected chi connectivity index (χ3v) is 3.87. The van der Waals surface area contributed by atoms with Gasteiger partial charge in [0, 0.05) is 26.1 Å². The number of aromatic nitrogens is 2. The molecule has 20 heavy (non-hydrogen) atoms. The lowest BCUT2D eigenvalue weighted by Gasteiger charge is -2.31. The number of rotatable bonds is 3. The highest BCUT2D eigenvalue weighted by Crippen LogP contribution is 2.21. The van der Waals surface area contributed by atoms with Crippen LogP contribution >= 0.6 is 12.2 Å². The van der Waals surface area contributed by atoms with E-state index in [4.69, 9.17) is 18.0 Å². The van der Waals surface area contributed by atoms with Gasteiger partial charge in [-0.3, -0.25) is 4.79 Å². The van der Waals surface area contributed by atoms with Gasteiger partial charge in [0.15, 0.2) is 5.82 Å². The van der Waals surface area contributed by atoms with E-state index in [1.807, 2.05) is 13.8 Å². The van der Waals surface area contributed by atoms with E-state index in [9.17, 15) is 4.79 Å². The molecule has 0 aromatic carbocycles. The van der Waals surface area contributed by atoms with E-state index in [0.29, 0.717) is 23.8 Å². The lowest BCUT2D eigenvalue weighted by molar-refractivity contribution is -0.132. The summed E-state index contributed by atoms with van der Waals surface area (Å²) in [5.74, 6) is 0.775. The Morgan fingerprint density at radius 1 is 1.45 bits per heavy atom. The standard InChI is InChI=1S/C13H19N5OS/c1-7-8(2)16-17-13(11(7)12(14)20)15-9-4-5-10(19)18(3)6-9/h9H,4-6H2,1-3H3,(H2,14,20)(H,15,17). The average Bonchev–Trinajstić information content (AvgIpc) is 2.38. The molecule has 1 atom stereocenters. The molecule has 1 amide bonds. The highest BCUT2D eigenvalue weighted by molar-refractivity contribution is 7.80. The number of nitrogens with one attached hydrogen (secondary N) is 1. The number of hydrogen-bond acceptors (Lipinski definition) is 5. The van der Waals surface area contributed by atoms with E-state index < -0.39 is 0 Å². The third-order valence-electron chi connectivity index (χ3n) is 3.67. The number of nitrogens with two attached hydrogens (primary N) is 1. The molecule has 3 N–H and O–H groups in total. The summed E-state index contributed by atoms with van der Waals surface area (Å²) in [5, 5.41) is 11.6. The Hall–Kier alpha value is -1.76. The predicted octanol–water partition coefficient (Wildman–Crippen LogP) is 0.760. The smallest absolute Gasteiger partial charge is 0.222 e. The number of carbonyl (C=O) groups excluding carboxylic acids is 1. The number of likely N-dealkylation sites (tertiary alicyclic amines) is 1. The van der Waals surface area contributed by atoms with Crippen LogP contribution in [-0.4, -0.2) is 45.6 Å². The maximum atomic E-state index is 11.5. The first-order valence-corrected chi connectivity index (χ1v) is 6.95. The van der Waals surface area contributed by atoms with E-state index in [0.717, 1.165) is 23.2 Å². The van der Waals surface area contributed by atoms with Crippen molar-refractivity contribution in [1.82, 2.24) is 15.1 Å². The van der Waals surface area contributed by atoms with Crippen LogP contribution in [0.4, 0.5) is 5.82 Å². The number of anilines is 1. The van der Waals surface area contributed by atoms with Gasteiger partial charge < -0.3 is 16.0 Å². The monoisotopic (exact) mass is 293 g/mol. The summed E-state index contributed by atoms with van der Waals surface area (Å²) in [6, 6.07) is 0.141. The van der Waals surface area contributed by atoms with E-state index in [-0.39, 0.29) is 11.9 Å². The van der Waals surface area contributed by atoms with Crippen LogP contribution in [0.25, 0.3) is 0 Å². The first-order valence-electron chi connectivity index (χ1n) is 6.54. The van der Waals surface area contributed by atoms with Crippen molar-refractivity contribution in [3.8, 4) is 0 Å². The molecule has 0 aliphatic carbocycles. The Morgan fingerprint density at radius 2 is 2.15 bits per heavy atom. The molecule has 1 aromatic heterocycles. The second-order valence-electron chi connectivity index (χ2n) is 5.15. The lowest BCUT2D eigenvalue weighted by atomic mass is 10.0. The van der Waals surface area contributed by atoms with E-state index in [1.54, 1.807) is 11.9 Å². The first kappa shape index (κ1) is 14.6. The molecule has 2 rings (SSSR count). The van der Waals surface area contributed by atoms with Crippen molar-refractivity contribution < 1.29 is 4.79 Å². The molecular weight excluding hydrogens is 274 g/mol. The SMILES string of the molecule is Cc1nnc(NC2CCC(=O)N(C)C2)c(C(N)=S)c1C. The topological polar surface area (TPSA) is 84.1 Å². The third kappa shape index (κ3) is 2.87. The fraction of sp³-hybridized carbons (Fsp3) is 0.538. The van der Waals surface area contributed by atoms with Crippen LogP contribution in [0.3, 0.4) is 0 Å². The number of thiocarbonyl (C=S) groups is 1. The van der Waals surface area contributed by atoms with Crippen molar-refractivity contribution in [2.24, 2.45) is 5.73 Å². The Kier molecular flexibility index (Phi) is 4.17. The van der Waals surface area contributed by atoms with Gasteiger partial charge in [-0.25, -0.2) is 0 Å². The van der Waals surface area contributed by atoms with Gasteiger partial charge in [0.1, 0.15) is 4.99 Å². The van der Waals surface area contributed by atoms with Crippen molar-refractivity contribution in [2.75, 3.05) is 18.9 Å². The zero-order chi connectivity index (χ0) is 14.9. The van der Waals surface area contributed by atoms with E-state index >= 15 is 0 Å². The lowest BCUT2D eigenvalue weighted by Crippen LogP contribution is -2.43. The molecular formula is C13H19N5OS. The first-order chi connectivity index (χ1) is 9.40. The number of likely N-dealkylation sites (N-methyl/N-ethyl adjacent to an activating group) is 1.